The summed E-state index contributed by atoms with van der Waals surface area (Å²) in [7, 11) is 0. The number of likely N-dealkylation sites (tertiary alicyclic amines) is 1. The number of aliphatic hydroxyl groups is 5. The number of hydrogen-bond acceptors (Lipinski definition) is 7. The maximum Gasteiger partial charge on any atom is 0.320 e. The van der Waals surface area contributed by atoms with Crippen molar-refractivity contribution in [2.75, 3.05) is 13.2 Å². The first-order chi connectivity index (χ1) is 8.40. The highest BCUT2D eigenvalue weighted by molar-refractivity contribution is 5.73. The molecule has 1 aliphatic rings. The van der Waals surface area contributed by atoms with Crippen LogP contribution in [0.1, 0.15) is 12.8 Å². The molecule has 18 heavy (non-hydrogen) atoms. The molecule has 1 saturated heterocycles. The second kappa shape index (κ2) is 6.41. The molecule has 0 bridgehead atoms. The third-order valence-corrected chi connectivity index (χ3v) is 3.16. The fourth-order valence-electron chi connectivity index (χ4n) is 2.08. The molecule has 1 heterocycles. The van der Waals surface area contributed by atoms with Gasteiger partial charge in [0.15, 0.2) is 0 Å². The maximum atomic E-state index is 10.9. The van der Waals surface area contributed by atoms with Crippen LogP contribution in [0, 0.1) is 0 Å². The van der Waals surface area contributed by atoms with Gasteiger partial charge in [-0.3, -0.25) is 9.69 Å². The summed E-state index contributed by atoms with van der Waals surface area (Å²) in [5, 5.41) is 55.6. The van der Waals surface area contributed by atoms with Crippen molar-refractivity contribution in [3.8, 4) is 0 Å². The predicted octanol–water partition coefficient (Wildman–Crippen LogP) is -3.07. The van der Waals surface area contributed by atoms with E-state index in [1.165, 1.54) is 0 Å². The largest absolute Gasteiger partial charge is 0.480 e. The molecule has 1 fully saturated rings. The molecule has 0 aromatic rings. The lowest BCUT2D eigenvalue weighted by Crippen LogP contribution is -2.55. The van der Waals surface area contributed by atoms with Gasteiger partial charge in [-0.1, -0.05) is 0 Å². The van der Waals surface area contributed by atoms with Crippen LogP contribution in [-0.4, -0.2) is 85.2 Å². The van der Waals surface area contributed by atoms with Crippen LogP contribution in [0.15, 0.2) is 0 Å². The highest BCUT2D eigenvalue weighted by atomic mass is 16.4. The summed E-state index contributed by atoms with van der Waals surface area (Å²) in [6.07, 6.45) is -5.81. The van der Waals surface area contributed by atoms with Gasteiger partial charge in [0.05, 0.1) is 6.61 Å². The number of aliphatic carboxylic acids is 1. The third kappa shape index (κ3) is 3.16. The van der Waals surface area contributed by atoms with Gasteiger partial charge >= 0.3 is 5.97 Å². The molecule has 8 heteroatoms. The van der Waals surface area contributed by atoms with E-state index < -0.39 is 43.2 Å². The Labute approximate surface area is 104 Å². The summed E-state index contributed by atoms with van der Waals surface area (Å²) in [5.41, 5.74) is 0. The smallest absolute Gasteiger partial charge is 0.320 e. The van der Waals surface area contributed by atoms with Crippen molar-refractivity contribution < 1.29 is 35.4 Å². The lowest BCUT2D eigenvalue weighted by Gasteiger charge is -2.33. The van der Waals surface area contributed by atoms with Gasteiger partial charge in [-0.25, -0.2) is 0 Å². The monoisotopic (exact) mass is 265 g/mol. The molecular formula is C10H19NO7. The van der Waals surface area contributed by atoms with E-state index in [1.807, 2.05) is 0 Å². The van der Waals surface area contributed by atoms with Gasteiger partial charge in [0, 0.05) is 6.54 Å². The quantitative estimate of drug-likeness (QED) is 0.297. The summed E-state index contributed by atoms with van der Waals surface area (Å²) in [4.78, 5) is 12.1. The van der Waals surface area contributed by atoms with E-state index in [0.717, 1.165) is 4.90 Å². The van der Waals surface area contributed by atoms with E-state index in [2.05, 4.69) is 0 Å². The standard InChI is InChI=1S/C10H19NO7/c12-4-6(13)7(14)8(15)9(16)11-3-1-2-5(11)10(17)18/h5-9,12-16H,1-4H2,(H,17,18)/t5-,6-,7+,8+,9?/m0/s1. The summed E-state index contributed by atoms with van der Waals surface area (Å²) < 4.78 is 0. The highest BCUT2D eigenvalue weighted by Gasteiger charge is 2.40. The first kappa shape index (κ1) is 15.3. The van der Waals surface area contributed by atoms with Gasteiger partial charge in [0.25, 0.3) is 0 Å². The SMILES string of the molecule is O=C(O)[C@@H]1CCCN1C(O)[C@H](O)[C@H](O)[C@@H](O)CO. The van der Waals surface area contributed by atoms with Crippen LogP contribution in [0.25, 0.3) is 0 Å². The molecule has 106 valence electrons. The van der Waals surface area contributed by atoms with Gasteiger partial charge in [-0.15, -0.1) is 0 Å². The fraction of sp³-hybridized carbons (Fsp3) is 0.900. The Morgan fingerprint density at radius 1 is 1.22 bits per heavy atom. The number of rotatable bonds is 6. The van der Waals surface area contributed by atoms with Crippen LogP contribution in [0.3, 0.4) is 0 Å². The number of hydrogen-bond donors (Lipinski definition) is 6. The minimum atomic E-state index is -1.76. The predicted molar refractivity (Wildman–Crippen MR) is 58.5 cm³/mol. The van der Waals surface area contributed by atoms with Crippen molar-refractivity contribution in [1.82, 2.24) is 4.90 Å². The number of nitrogens with zero attached hydrogens (tertiary/aromatic N) is 1. The highest BCUT2D eigenvalue weighted by Crippen LogP contribution is 2.22. The molecule has 0 aromatic carbocycles. The Balaban J connectivity index is 2.68. The van der Waals surface area contributed by atoms with Gasteiger partial charge < -0.3 is 30.6 Å². The van der Waals surface area contributed by atoms with Crippen molar-refractivity contribution in [2.24, 2.45) is 0 Å². The van der Waals surface area contributed by atoms with Crippen molar-refractivity contribution in [2.45, 2.75) is 43.4 Å². The summed E-state index contributed by atoms with van der Waals surface area (Å²) in [6, 6.07) is -0.923. The number of carbonyl (C=O) groups is 1. The number of carboxylic acid groups (broad SMARTS) is 1. The normalized spacial score (nSPS) is 27.7. The average Bonchev–Trinajstić information content (AvgIpc) is 2.84. The zero-order valence-electron chi connectivity index (χ0n) is 9.75. The molecular weight excluding hydrogens is 246 g/mol. The van der Waals surface area contributed by atoms with Crippen LogP contribution in [0.5, 0.6) is 0 Å². The van der Waals surface area contributed by atoms with Crippen LogP contribution in [-0.2, 0) is 4.79 Å². The van der Waals surface area contributed by atoms with E-state index in [4.69, 9.17) is 15.3 Å². The van der Waals surface area contributed by atoms with Crippen LogP contribution in [0.4, 0.5) is 0 Å². The molecule has 8 nitrogen and oxygen atoms in total. The van der Waals surface area contributed by atoms with E-state index in [0.29, 0.717) is 12.8 Å². The molecule has 1 rings (SSSR count). The number of aliphatic hydroxyl groups excluding tert-OH is 5. The minimum Gasteiger partial charge on any atom is -0.480 e. The van der Waals surface area contributed by atoms with Crippen molar-refractivity contribution in [3.63, 3.8) is 0 Å². The van der Waals surface area contributed by atoms with Crippen LogP contribution in [0.2, 0.25) is 0 Å². The lowest BCUT2D eigenvalue weighted by molar-refractivity contribution is -0.169. The van der Waals surface area contributed by atoms with Gasteiger partial charge in [-0.2, -0.15) is 0 Å². The van der Waals surface area contributed by atoms with E-state index >= 15 is 0 Å². The fourth-order valence-corrected chi connectivity index (χ4v) is 2.08. The Morgan fingerprint density at radius 3 is 2.33 bits per heavy atom. The molecule has 0 amide bonds. The molecule has 0 spiro atoms. The van der Waals surface area contributed by atoms with E-state index in [-0.39, 0.29) is 6.54 Å². The Morgan fingerprint density at radius 2 is 1.83 bits per heavy atom. The Hall–Kier alpha value is -0.770. The topological polar surface area (TPSA) is 142 Å². The molecule has 1 unspecified atom stereocenters. The molecule has 0 aliphatic carbocycles. The molecule has 0 saturated carbocycles. The average molecular weight is 265 g/mol. The minimum absolute atomic E-state index is 0.275. The zero-order chi connectivity index (χ0) is 13.9. The van der Waals surface area contributed by atoms with Gasteiger partial charge in [0.2, 0.25) is 0 Å². The summed E-state index contributed by atoms with van der Waals surface area (Å²) in [6.45, 7) is -0.496. The Kier molecular flexibility index (Phi) is 5.45. The van der Waals surface area contributed by atoms with Crippen molar-refractivity contribution >= 4 is 5.97 Å². The molecule has 6 N–H and O–H groups in total. The van der Waals surface area contributed by atoms with Crippen molar-refractivity contribution in [3.05, 3.63) is 0 Å². The third-order valence-electron chi connectivity index (χ3n) is 3.16. The van der Waals surface area contributed by atoms with Crippen LogP contribution >= 0.6 is 0 Å². The summed E-state index contributed by atoms with van der Waals surface area (Å²) >= 11 is 0. The second-order valence-electron chi connectivity index (χ2n) is 4.38. The van der Waals surface area contributed by atoms with E-state index in [1.54, 1.807) is 0 Å². The van der Waals surface area contributed by atoms with Crippen molar-refractivity contribution in [1.29, 1.82) is 0 Å². The van der Waals surface area contributed by atoms with Gasteiger partial charge in [0.1, 0.15) is 30.6 Å². The van der Waals surface area contributed by atoms with Gasteiger partial charge in [-0.05, 0) is 12.8 Å². The number of carboxylic acids is 1. The first-order valence-corrected chi connectivity index (χ1v) is 5.71. The molecule has 5 atom stereocenters. The maximum absolute atomic E-state index is 10.9. The zero-order valence-corrected chi connectivity index (χ0v) is 9.75. The first-order valence-electron chi connectivity index (χ1n) is 5.71. The second-order valence-corrected chi connectivity index (χ2v) is 4.38. The Bertz CT molecular complexity index is 287. The molecule has 1 aliphatic heterocycles. The molecule has 0 aromatic heterocycles. The lowest BCUT2D eigenvalue weighted by atomic mass is 10.1. The van der Waals surface area contributed by atoms with Crippen LogP contribution < -0.4 is 0 Å². The summed E-state index contributed by atoms with van der Waals surface area (Å²) in [5.74, 6) is -1.11. The molecule has 0 radical (unpaired) electrons. The van der Waals surface area contributed by atoms with E-state index in [9.17, 15) is 20.1 Å².